The Bertz CT molecular complexity index is 1390. The molecule has 1 amide bonds. The predicted octanol–water partition coefficient (Wildman–Crippen LogP) is 7.52. The molecule has 0 fully saturated rings. The van der Waals surface area contributed by atoms with Crippen LogP contribution in [0.2, 0.25) is 0 Å². The lowest BCUT2D eigenvalue weighted by atomic mass is 9.97. The van der Waals surface area contributed by atoms with E-state index < -0.39 is 17.7 Å². The standard InChI is InChI=1S/C37H40N2O3/c1-37(2,3)42-36(41)38-33(24-29-16-8-4-9-17-29)26-35(40)34(25-30-18-10-5-11-19-30)39(27-31-20-12-6-13-21-31)28-32-22-14-7-15-23-32/h4-23,26,34H,24-25,27-28H2,1-3H3,(H,38,41). The maximum absolute atomic E-state index is 14.3. The molecule has 4 aromatic carbocycles. The third-order valence-electron chi connectivity index (χ3n) is 6.71. The second kappa shape index (κ2) is 14.9. The van der Waals surface area contributed by atoms with Crippen LogP contribution in [0.15, 0.2) is 133 Å². The second-order valence-electron chi connectivity index (χ2n) is 11.4. The topological polar surface area (TPSA) is 58.6 Å². The van der Waals surface area contributed by atoms with E-state index in [1.165, 1.54) is 0 Å². The molecule has 216 valence electrons. The zero-order chi connectivity index (χ0) is 29.8. The van der Waals surface area contributed by atoms with Gasteiger partial charge in [-0.15, -0.1) is 0 Å². The zero-order valence-electron chi connectivity index (χ0n) is 24.7. The van der Waals surface area contributed by atoms with Crippen LogP contribution in [-0.2, 0) is 35.5 Å². The van der Waals surface area contributed by atoms with Crippen LogP contribution in [0.1, 0.15) is 43.0 Å². The van der Waals surface area contributed by atoms with Gasteiger partial charge in [0, 0.05) is 31.3 Å². The number of carbonyl (C=O) groups is 2. The lowest BCUT2D eigenvalue weighted by molar-refractivity contribution is -0.120. The minimum atomic E-state index is -0.663. The first kappa shape index (κ1) is 30.5. The van der Waals surface area contributed by atoms with Gasteiger partial charge in [0.25, 0.3) is 0 Å². The Morgan fingerprint density at radius 3 is 1.57 bits per heavy atom. The molecule has 0 heterocycles. The molecule has 0 saturated heterocycles. The lowest BCUT2D eigenvalue weighted by Crippen LogP contribution is -2.42. The van der Waals surface area contributed by atoms with Crippen molar-refractivity contribution >= 4 is 11.9 Å². The van der Waals surface area contributed by atoms with Crippen molar-refractivity contribution in [2.75, 3.05) is 0 Å². The summed E-state index contributed by atoms with van der Waals surface area (Å²) < 4.78 is 5.54. The van der Waals surface area contributed by atoms with E-state index in [9.17, 15) is 9.59 Å². The van der Waals surface area contributed by atoms with Crippen LogP contribution in [-0.4, -0.2) is 28.4 Å². The summed E-state index contributed by atoms with van der Waals surface area (Å²) in [6, 6.07) is 39.8. The van der Waals surface area contributed by atoms with Crippen LogP contribution in [0.3, 0.4) is 0 Å². The molecule has 0 aromatic heterocycles. The van der Waals surface area contributed by atoms with Gasteiger partial charge >= 0.3 is 6.09 Å². The maximum atomic E-state index is 14.3. The molecule has 1 N–H and O–H groups in total. The number of allylic oxidation sites excluding steroid dienone is 1. The van der Waals surface area contributed by atoms with E-state index in [2.05, 4.69) is 46.6 Å². The molecule has 0 radical (unpaired) electrons. The molecule has 0 spiro atoms. The summed E-state index contributed by atoms with van der Waals surface area (Å²) in [6.45, 7) is 6.65. The highest BCUT2D eigenvalue weighted by Gasteiger charge is 2.27. The summed E-state index contributed by atoms with van der Waals surface area (Å²) >= 11 is 0. The van der Waals surface area contributed by atoms with Crippen LogP contribution >= 0.6 is 0 Å². The number of nitrogens with one attached hydrogen (secondary N) is 1. The monoisotopic (exact) mass is 560 g/mol. The van der Waals surface area contributed by atoms with E-state index >= 15 is 0 Å². The number of amides is 1. The van der Waals surface area contributed by atoms with Crippen molar-refractivity contribution in [2.24, 2.45) is 0 Å². The predicted molar refractivity (Wildman–Crippen MR) is 169 cm³/mol. The normalized spacial score (nSPS) is 12.5. The highest BCUT2D eigenvalue weighted by atomic mass is 16.6. The number of alkyl carbamates (subject to hydrolysis) is 1. The quantitative estimate of drug-likeness (QED) is 0.182. The first-order chi connectivity index (χ1) is 20.2. The van der Waals surface area contributed by atoms with E-state index in [-0.39, 0.29) is 5.78 Å². The Hall–Kier alpha value is -4.48. The number of rotatable bonds is 12. The van der Waals surface area contributed by atoms with Gasteiger partial charge in [-0.2, -0.15) is 0 Å². The second-order valence-corrected chi connectivity index (χ2v) is 11.4. The van der Waals surface area contributed by atoms with Crippen molar-refractivity contribution in [1.82, 2.24) is 10.2 Å². The summed E-state index contributed by atoms with van der Waals surface area (Å²) in [5.41, 5.74) is 4.14. The van der Waals surface area contributed by atoms with Gasteiger partial charge in [0.05, 0.1) is 6.04 Å². The largest absolute Gasteiger partial charge is 0.444 e. The number of hydrogen-bond donors (Lipinski definition) is 1. The fraction of sp³-hybridized carbons (Fsp3) is 0.243. The highest BCUT2D eigenvalue weighted by Crippen LogP contribution is 2.20. The summed E-state index contributed by atoms with van der Waals surface area (Å²) in [7, 11) is 0. The minimum absolute atomic E-state index is 0.0762. The molecule has 4 rings (SSSR count). The summed E-state index contributed by atoms with van der Waals surface area (Å²) in [6.07, 6.45) is 1.93. The van der Waals surface area contributed by atoms with E-state index in [1.54, 1.807) is 6.08 Å². The lowest BCUT2D eigenvalue weighted by Gasteiger charge is -2.31. The Morgan fingerprint density at radius 2 is 1.12 bits per heavy atom. The fourth-order valence-electron chi connectivity index (χ4n) is 4.81. The first-order valence-corrected chi connectivity index (χ1v) is 14.4. The maximum Gasteiger partial charge on any atom is 0.411 e. The van der Waals surface area contributed by atoms with Crippen LogP contribution in [0, 0.1) is 0 Å². The SMILES string of the molecule is CC(C)(C)OC(=O)NC(=CC(=O)C(Cc1ccccc1)N(Cc1ccccc1)Cc1ccccc1)Cc1ccccc1. The van der Waals surface area contributed by atoms with Gasteiger partial charge in [-0.3, -0.25) is 15.0 Å². The molecule has 5 nitrogen and oxygen atoms in total. The van der Waals surface area contributed by atoms with Crippen molar-refractivity contribution in [3.05, 3.63) is 155 Å². The van der Waals surface area contributed by atoms with Crippen LogP contribution < -0.4 is 5.32 Å². The number of ether oxygens (including phenoxy) is 1. The molecule has 0 aliphatic heterocycles. The number of ketones is 1. The number of carbonyl (C=O) groups excluding carboxylic acids is 2. The molecule has 42 heavy (non-hydrogen) atoms. The molecule has 4 aromatic rings. The summed E-state index contributed by atoms with van der Waals surface area (Å²) in [4.78, 5) is 29.4. The van der Waals surface area contributed by atoms with Gasteiger partial charge in [0.15, 0.2) is 5.78 Å². The smallest absolute Gasteiger partial charge is 0.411 e. The molecule has 1 atom stereocenters. The van der Waals surface area contributed by atoms with Crippen LogP contribution in [0.4, 0.5) is 4.79 Å². The third-order valence-corrected chi connectivity index (χ3v) is 6.71. The molecule has 5 heteroatoms. The number of benzene rings is 4. The van der Waals surface area contributed by atoms with Crippen LogP contribution in [0.5, 0.6) is 0 Å². The molecule has 0 saturated carbocycles. The molecule has 0 aliphatic carbocycles. The number of hydrogen-bond acceptors (Lipinski definition) is 4. The highest BCUT2D eigenvalue weighted by molar-refractivity contribution is 5.95. The van der Waals surface area contributed by atoms with Crippen molar-refractivity contribution in [2.45, 2.75) is 58.3 Å². The molecular weight excluding hydrogens is 520 g/mol. The zero-order valence-corrected chi connectivity index (χ0v) is 24.7. The Kier molecular flexibility index (Phi) is 10.8. The van der Waals surface area contributed by atoms with Crippen molar-refractivity contribution in [3.63, 3.8) is 0 Å². The van der Waals surface area contributed by atoms with Gasteiger partial charge in [0.2, 0.25) is 0 Å². The Morgan fingerprint density at radius 1 is 0.690 bits per heavy atom. The van der Waals surface area contributed by atoms with E-state index in [1.807, 2.05) is 106 Å². The number of nitrogens with zero attached hydrogens (tertiary/aromatic N) is 1. The molecule has 0 bridgehead atoms. The van der Waals surface area contributed by atoms with Crippen LogP contribution in [0.25, 0.3) is 0 Å². The Labute approximate surface area is 249 Å². The Balaban J connectivity index is 1.71. The van der Waals surface area contributed by atoms with Gasteiger partial charge in [-0.05, 0) is 49.4 Å². The van der Waals surface area contributed by atoms with Gasteiger partial charge in [-0.25, -0.2) is 4.79 Å². The van der Waals surface area contributed by atoms with Crippen molar-refractivity contribution in [3.8, 4) is 0 Å². The van der Waals surface area contributed by atoms with E-state index in [0.717, 1.165) is 22.3 Å². The molecular formula is C37H40N2O3. The van der Waals surface area contributed by atoms with E-state index in [4.69, 9.17) is 4.74 Å². The molecule has 1 unspecified atom stereocenters. The third kappa shape index (κ3) is 10.2. The average molecular weight is 561 g/mol. The van der Waals surface area contributed by atoms with Gasteiger partial charge in [0.1, 0.15) is 5.60 Å². The fourth-order valence-corrected chi connectivity index (χ4v) is 4.81. The summed E-state index contributed by atoms with van der Waals surface area (Å²) in [5, 5.41) is 2.87. The summed E-state index contributed by atoms with van der Waals surface area (Å²) in [5.74, 6) is -0.0762. The minimum Gasteiger partial charge on any atom is -0.444 e. The average Bonchev–Trinajstić information content (AvgIpc) is 2.96. The van der Waals surface area contributed by atoms with Gasteiger partial charge < -0.3 is 4.74 Å². The van der Waals surface area contributed by atoms with Gasteiger partial charge in [-0.1, -0.05) is 121 Å². The first-order valence-electron chi connectivity index (χ1n) is 14.4. The van der Waals surface area contributed by atoms with Crippen molar-refractivity contribution < 1.29 is 14.3 Å². The van der Waals surface area contributed by atoms with Crippen molar-refractivity contribution in [1.29, 1.82) is 0 Å². The molecule has 0 aliphatic rings. The van der Waals surface area contributed by atoms with E-state index in [0.29, 0.717) is 31.6 Å².